The van der Waals surface area contributed by atoms with Crippen LogP contribution in [0.25, 0.3) is 23.1 Å². The van der Waals surface area contributed by atoms with Gasteiger partial charge in [-0.2, -0.15) is 5.10 Å². The third kappa shape index (κ3) is 2.37. The Hall–Kier alpha value is -3.73. The van der Waals surface area contributed by atoms with Crippen molar-refractivity contribution in [3.05, 3.63) is 89.4 Å². The molecule has 1 aliphatic heterocycles. The van der Waals surface area contributed by atoms with Gasteiger partial charge in [-0.05, 0) is 54.0 Å². The molecule has 6 rings (SSSR count). The van der Waals surface area contributed by atoms with E-state index in [4.69, 9.17) is 0 Å². The van der Waals surface area contributed by atoms with Gasteiger partial charge in [-0.3, -0.25) is 14.9 Å². The van der Waals surface area contributed by atoms with Crippen molar-refractivity contribution in [2.75, 3.05) is 5.32 Å². The first kappa shape index (κ1) is 16.2. The summed E-state index contributed by atoms with van der Waals surface area (Å²) in [6.07, 6.45) is 6.55. The van der Waals surface area contributed by atoms with E-state index in [-0.39, 0.29) is 11.8 Å². The van der Waals surface area contributed by atoms with Gasteiger partial charge in [-0.1, -0.05) is 36.4 Å². The molecule has 5 heteroatoms. The summed E-state index contributed by atoms with van der Waals surface area (Å²) in [4.78, 5) is 17.0. The quantitative estimate of drug-likeness (QED) is 0.551. The fraction of sp³-hybridized carbons (Fsp3) is 0.125. The number of carbonyl (C=O) groups is 1. The molecule has 4 aromatic rings. The van der Waals surface area contributed by atoms with Gasteiger partial charge in [-0.25, -0.2) is 0 Å². The number of nitrogens with zero attached hydrogens (tertiary/aromatic N) is 2. The highest BCUT2D eigenvalue weighted by Crippen LogP contribution is 2.64. The van der Waals surface area contributed by atoms with E-state index in [2.05, 4.69) is 44.8 Å². The predicted molar refractivity (Wildman–Crippen MR) is 113 cm³/mol. The zero-order chi connectivity index (χ0) is 19.4. The molecular formula is C24H18N4O. The molecule has 2 N–H and O–H groups in total. The van der Waals surface area contributed by atoms with Gasteiger partial charge in [0.05, 0.1) is 22.3 Å². The van der Waals surface area contributed by atoms with Crippen molar-refractivity contribution in [1.29, 1.82) is 0 Å². The van der Waals surface area contributed by atoms with Crippen molar-refractivity contribution in [2.45, 2.75) is 17.8 Å². The van der Waals surface area contributed by atoms with Gasteiger partial charge in [0.15, 0.2) is 0 Å². The first-order valence-corrected chi connectivity index (χ1v) is 9.74. The van der Waals surface area contributed by atoms with Gasteiger partial charge in [0.2, 0.25) is 5.91 Å². The predicted octanol–water partition coefficient (Wildman–Crippen LogP) is 4.51. The van der Waals surface area contributed by atoms with Crippen LogP contribution in [0.1, 0.15) is 34.9 Å². The topological polar surface area (TPSA) is 70.7 Å². The molecule has 1 fully saturated rings. The minimum atomic E-state index is -0.411. The Bertz CT molecular complexity index is 1290. The van der Waals surface area contributed by atoms with Crippen LogP contribution in [0.15, 0.2) is 66.9 Å². The number of pyridine rings is 1. The van der Waals surface area contributed by atoms with Crippen LogP contribution in [0.4, 0.5) is 5.69 Å². The van der Waals surface area contributed by atoms with Crippen LogP contribution in [-0.2, 0) is 10.2 Å². The van der Waals surface area contributed by atoms with E-state index in [1.54, 1.807) is 6.20 Å². The highest BCUT2D eigenvalue weighted by atomic mass is 16.2. The number of aromatic nitrogens is 3. The molecule has 1 spiro atoms. The lowest BCUT2D eigenvalue weighted by Gasteiger charge is -2.08. The maximum atomic E-state index is 12.7. The van der Waals surface area contributed by atoms with E-state index in [9.17, 15) is 4.79 Å². The van der Waals surface area contributed by atoms with Crippen molar-refractivity contribution >= 4 is 34.6 Å². The second-order valence-electron chi connectivity index (χ2n) is 7.73. The number of fused-ring (bicyclic) bond motifs is 3. The third-order valence-corrected chi connectivity index (χ3v) is 6.14. The lowest BCUT2D eigenvalue weighted by atomic mass is 9.92. The van der Waals surface area contributed by atoms with Gasteiger partial charge in [-0.15, -0.1) is 0 Å². The highest BCUT2D eigenvalue weighted by molar-refractivity contribution is 6.09. The standard InChI is InChI=1S/C24H18N4O/c29-23-24(18-6-1-2-7-21(18)26-23)14-19(24)15-8-10-17-20(27-28-22(17)13-15)11-9-16-5-3-4-12-25-16/h1-13,19H,14H2,(H,26,29)(H,27,28)/b11-9+. The molecule has 29 heavy (non-hydrogen) atoms. The van der Waals surface area contributed by atoms with E-state index in [0.29, 0.717) is 0 Å². The highest BCUT2D eigenvalue weighted by Gasteiger charge is 2.65. The summed E-state index contributed by atoms with van der Waals surface area (Å²) in [5, 5.41) is 11.7. The van der Waals surface area contributed by atoms with Crippen LogP contribution >= 0.6 is 0 Å². The third-order valence-electron chi connectivity index (χ3n) is 6.14. The molecule has 140 valence electrons. The summed E-state index contributed by atoms with van der Waals surface area (Å²) in [6, 6.07) is 20.2. The molecule has 2 aromatic carbocycles. The Balaban J connectivity index is 1.33. The Kier molecular flexibility index (Phi) is 3.29. The molecule has 2 aliphatic rings. The fourth-order valence-electron chi connectivity index (χ4n) is 4.59. The van der Waals surface area contributed by atoms with Crippen molar-refractivity contribution < 1.29 is 4.79 Å². The lowest BCUT2D eigenvalue weighted by Crippen LogP contribution is -2.20. The molecule has 1 amide bonds. The van der Waals surface area contributed by atoms with E-state index in [1.165, 1.54) is 5.56 Å². The number of hydrogen-bond donors (Lipinski definition) is 2. The van der Waals surface area contributed by atoms with Gasteiger partial charge in [0, 0.05) is 23.2 Å². The molecule has 1 aliphatic carbocycles. The number of amides is 1. The minimum absolute atomic E-state index is 0.118. The number of nitrogens with one attached hydrogen (secondary N) is 2. The Morgan fingerprint density at radius 2 is 1.93 bits per heavy atom. The first-order chi connectivity index (χ1) is 14.3. The summed E-state index contributed by atoms with van der Waals surface area (Å²) >= 11 is 0. The van der Waals surface area contributed by atoms with Crippen molar-refractivity contribution in [1.82, 2.24) is 15.2 Å². The fourth-order valence-corrected chi connectivity index (χ4v) is 4.59. The van der Waals surface area contributed by atoms with E-state index in [1.807, 2.05) is 48.6 Å². The molecule has 2 unspecified atom stereocenters. The van der Waals surface area contributed by atoms with Crippen molar-refractivity contribution in [3.63, 3.8) is 0 Å². The Morgan fingerprint density at radius 3 is 2.83 bits per heavy atom. The zero-order valence-electron chi connectivity index (χ0n) is 15.6. The number of carbonyl (C=O) groups excluding carboxylic acids is 1. The zero-order valence-corrected chi connectivity index (χ0v) is 15.6. The Labute approximate surface area is 167 Å². The van der Waals surface area contributed by atoms with Crippen LogP contribution in [0.5, 0.6) is 0 Å². The van der Waals surface area contributed by atoms with Crippen LogP contribution in [0.3, 0.4) is 0 Å². The molecule has 2 atom stereocenters. The first-order valence-electron chi connectivity index (χ1n) is 9.74. The normalized spacial score (nSPS) is 22.3. The average Bonchev–Trinajstić information content (AvgIpc) is 3.29. The van der Waals surface area contributed by atoms with Crippen LogP contribution in [-0.4, -0.2) is 21.1 Å². The van der Waals surface area contributed by atoms with Gasteiger partial charge >= 0.3 is 0 Å². The molecule has 5 nitrogen and oxygen atoms in total. The summed E-state index contributed by atoms with van der Waals surface area (Å²) in [5.41, 5.74) is 5.60. The number of hydrogen-bond acceptors (Lipinski definition) is 3. The number of H-pyrrole nitrogens is 1. The van der Waals surface area contributed by atoms with Gasteiger partial charge < -0.3 is 5.32 Å². The molecule has 1 saturated carbocycles. The van der Waals surface area contributed by atoms with Crippen LogP contribution < -0.4 is 5.32 Å². The number of rotatable bonds is 3. The summed E-state index contributed by atoms with van der Waals surface area (Å²) in [6.45, 7) is 0. The molecule has 0 saturated heterocycles. The summed E-state index contributed by atoms with van der Waals surface area (Å²) < 4.78 is 0. The molecule has 2 aromatic heterocycles. The number of benzene rings is 2. The Morgan fingerprint density at radius 1 is 1.03 bits per heavy atom. The monoisotopic (exact) mass is 378 g/mol. The second-order valence-corrected chi connectivity index (χ2v) is 7.73. The SMILES string of the molecule is O=C1Nc2ccccc2C12CC2c1ccc2c(/C=C/c3ccccn3)n[nH]c2c1. The molecule has 3 heterocycles. The number of aromatic amines is 1. The summed E-state index contributed by atoms with van der Waals surface area (Å²) in [5.74, 6) is 0.318. The molecule has 0 bridgehead atoms. The number of anilines is 1. The van der Waals surface area contributed by atoms with Crippen molar-refractivity contribution in [2.24, 2.45) is 0 Å². The number of para-hydroxylation sites is 1. The maximum Gasteiger partial charge on any atom is 0.235 e. The van der Waals surface area contributed by atoms with E-state index < -0.39 is 5.41 Å². The lowest BCUT2D eigenvalue weighted by molar-refractivity contribution is -0.118. The minimum Gasteiger partial charge on any atom is -0.325 e. The maximum absolute atomic E-state index is 12.7. The van der Waals surface area contributed by atoms with E-state index >= 15 is 0 Å². The van der Waals surface area contributed by atoms with Crippen LogP contribution in [0.2, 0.25) is 0 Å². The molecular weight excluding hydrogens is 360 g/mol. The largest absolute Gasteiger partial charge is 0.325 e. The smallest absolute Gasteiger partial charge is 0.235 e. The average molecular weight is 378 g/mol. The van der Waals surface area contributed by atoms with Gasteiger partial charge in [0.1, 0.15) is 0 Å². The van der Waals surface area contributed by atoms with Crippen molar-refractivity contribution in [3.8, 4) is 0 Å². The van der Waals surface area contributed by atoms with E-state index in [0.717, 1.165) is 40.0 Å². The molecule has 0 radical (unpaired) electrons. The second kappa shape index (κ2) is 5.88. The summed E-state index contributed by atoms with van der Waals surface area (Å²) in [7, 11) is 0. The van der Waals surface area contributed by atoms with Crippen LogP contribution in [0, 0.1) is 0 Å². The van der Waals surface area contributed by atoms with Gasteiger partial charge in [0.25, 0.3) is 0 Å².